The summed E-state index contributed by atoms with van der Waals surface area (Å²) in [7, 11) is 0. The van der Waals surface area contributed by atoms with Crippen LogP contribution < -0.4 is 5.32 Å². The van der Waals surface area contributed by atoms with E-state index in [1.165, 1.54) is 38.6 Å². The molecule has 1 aliphatic heterocycles. The van der Waals surface area contributed by atoms with Gasteiger partial charge in [0, 0.05) is 6.04 Å². The Morgan fingerprint density at radius 2 is 2.08 bits per heavy atom. The summed E-state index contributed by atoms with van der Waals surface area (Å²) in [6, 6.07) is 0.826. The largest absolute Gasteiger partial charge is 0.314 e. The normalized spacial score (nSPS) is 28.6. The van der Waals surface area contributed by atoms with E-state index < -0.39 is 0 Å². The fourth-order valence-corrected chi connectivity index (χ4v) is 2.52. The zero-order valence-electron chi connectivity index (χ0n) is 9.47. The van der Waals surface area contributed by atoms with Crippen molar-refractivity contribution in [1.29, 1.82) is 0 Å². The van der Waals surface area contributed by atoms with Gasteiger partial charge < -0.3 is 5.32 Å². The number of nitrogens with one attached hydrogen (secondary N) is 1. The molecule has 0 aromatic rings. The molecule has 13 heavy (non-hydrogen) atoms. The van der Waals surface area contributed by atoms with Gasteiger partial charge in [0.15, 0.2) is 0 Å². The van der Waals surface area contributed by atoms with Crippen molar-refractivity contribution in [2.75, 3.05) is 6.54 Å². The molecular formula is C12H25N. The van der Waals surface area contributed by atoms with E-state index in [-0.39, 0.29) is 0 Å². The molecule has 1 aliphatic rings. The minimum absolute atomic E-state index is 0.826. The summed E-state index contributed by atoms with van der Waals surface area (Å²) in [5.74, 6) is 1.80. The van der Waals surface area contributed by atoms with Crippen molar-refractivity contribution < 1.29 is 0 Å². The van der Waals surface area contributed by atoms with Crippen molar-refractivity contribution >= 4 is 0 Å². The van der Waals surface area contributed by atoms with Crippen LogP contribution in [-0.4, -0.2) is 12.6 Å². The lowest BCUT2D eigenvalue weighted by atomic mass is 9.86. The van der Waals surface area contributed by atoms with Crippen molar-refractivity contribution in [3.05, 3.63) is 0 Å². The number of unbranched alkanes of at least 4 members (excludes halogenated alkanes) is 2. The molecule has 0 radical (unpaired) electrons. The van der Waals surface area contributed by atoms with Gasteiger partial charge in [0.1, 0.15) is 0 Å². The van der Waals surface area contributed by atoms with Crippen LogP contribution >= 0.6 is 0 Å². The molecule has 0 aliphatic carbocycles. The van der Waals surface area contributed by atoms with E-state index >= 15 is 0 Å². The molecule has 1 rings (SSSR count). The highest BCUT2D eigenvalue weighted by molar-refractivity contribution is 4.85. The lowest BCUT2D eigenvalue weighted by molar-refractivity contribution is 0.322. The molecule has 0 bridgehead atoms. The highest BCUT2D eigenvalue weighted by Crippen LogP contribution is 2.26. The van der Waals surface area contributed by atoms with Crippen molar-refractivity contribution in [3.8, 4) is 0 Å². The minimum Gasteiger partial charge on any atom is -0.314 e. The van der Waals surface area contributed by atoms with Gasteiger partial charge in [-0.15, -0.1) is 0 Å². The number of hydrogen-bond donors (Lipinski definition) is 1. The summed E-state index contributed by atoms with van der Waals surface area (Å²) in [6.45, 7) is 8.26. The summed E-state index contributed by atoms with van der Waals surface area (Å²) in [5.41, 5.74) is 0. The average Bonchev–Trinajstić information content (AvgIpc) is 2.53. The van der Waals surface area contributed by atoms with Gasteiger partial charge in [0.2, 0.25) is 0 Å². The maximum Gasteiger partial charge on any atom is 0.00982 e. The summed E-state index contributed by atoms with van der Waals surface area (Å²) < 4.78 is 0. The third-order valence-corrected chi connectivity index (χ3v) is 3.38. The molecular weight excluding hydrogens is 158 g/mol. The first-order chi connectivity index (χ1) is 6.25. The molecule has 0 spiro atoms. The minimum atomic E-state index is 0.826. The van der Waals surface area contributed by atoms with Gasteiger partial charge in [-0.25, -0.2) is 0 Å². The molecule has 1 heteroatoms. The van der Waals surface area contributed by atoms with E-state index in [2.05, 4.69) is 26.1 Å². The summed E-state index contributed by atoms with van der Waals surface area (Å²) in [4.78, 5) is 0. The molecule has 78 valence electrons. The van der Waals surface area contributed by atoms with E-state index in [0.29, 0.717) is 0 Å². The first-order valence-corrected chi connectivity index (χ1v) is 5.99. The van der Waals surface area contributed by atoms with Crippen molar-refractivity contribution in [3.63, 3.8) is 0 Å². The molecule has 1 fully saturated rings. The Balaban J connectivity index is 2.23. The molecule has 1 saturated heterocycles. The first kappa shape index (κ1) is 11.0. The van der Waals surface area contributed by atoms with Crippen LogP contribution in [0.1, 0.15) is 52.9 Å². The van der Waals surface area contributed by atoms with Crippen LogP contribution in [0.3, 0.4) is 0 Å². The maximum atomic E-state index is 3.65. The van der Waals surface area contributed by atoms with Gasteiger partial charge >= 0.3 is 0 Å². The van der Waals surface area contributed by atoms with Crippen molar-refractivity contribution in [1.82, 2.24) is 5.32 Å². The second kappa shape index (κ2) is 5.64. The van der Waals surface area contributed by atoms with E-state index in [4.69, 9.17) is 0 Å². The Labute approximate surface area is 83.3 Å². The Morgan fingerprint density at radius 3 is 2.69 bits per heavy atom. The van der Waals surface area contributed by atoms with E-state index in [1.54, 1.807) is 0 Å². The second-order valence-corrected chi connectivity index (χ2v) is 4.75. The topological polar surface area (TPSA) is 12.0 Å². The fraction of sp³-hybridized carbons (Fsp3) is 1.00. The Hall–Kier alpha value is -0.0400. The van der Waals surface area contributed by atoms with E-state index in [0.717, 1.165) is 17.9 Å². The third kappa shape index (κ3) is 3.30. The molecule has 0 saturated carbocycles. The monoisotopic (exact) mass is 183 g/mol. The van der Waals surface area contributed by atoms with Crippen LogP contribution in [0.25, 0.3) is 0 Å². The highest BCUT2D eigenvalue weighted by Gasteiger charge is 2.28. The smallest absolute Gasteiger partial charge is 0.00982 e. The Kier molecular flexibility index (Phi) is 4.79. The summed E-state index contributed by atoms with van der Waals surface area (Å²) in [6.07, 6.45) is 6.96. The van der Waals surface area contributed by atoms with Gasteiger partial charge in [-0.2, -0.15) is 0 Å². The van der Waals surface area contributed by atoms with Crippen LogP contribution in [0.5, 0.6) is 0 Å². The Bertz CT molecular complexity index is 131. The molecule has 1 N–H and O–H groups in total. The summed E-state index contributed by atoms with van der Waals surface area (Å²) >= 11 is 0. The number of rotatable bonds is 5. The molecule has 1 heterocycles. The van der Waals surface area contributed by atoms with Gasteiger partial charge in [-0.3, -0.25) is 0 Å². The van der Waals surface area contributed by atoms with Crippen LogP contribution in [-0.2, 0) is 0 Å². The lowest BCUT2D eigenvalue weighted by Crippen LogP contribution is -2.29. The maximum absolute atomic E-state index is 3.65. The predicted molar refractivity (Wildman–Crippen MR) is 58.9 cm³/mol. The number of hydrogen-bond acceptors (Lipinski definition) is 1. The molecule has 2 atom stereocenters. The van der Waals surface area contributed by atoms with Gasteiger partial charge in [0.05, 0.1) is 0 Å². The molecule has 1 unspecified atom stereocenters. The van der Waals surface area contributed by atoms with Gasteiger partial charge in [0.25, 0.3) is 0 Å². The van der Waals surface area contributed by atoms with Crippen molar-refractivity contribution in [2.45, 2.75) is 58.9 Å². The van der Waals surface area contributed by atoms with Gasteiger partial charge in [-0.1, -0.05) is 40.0 Å². The lowest BCUT2D eigenvalue weighted by Gasteiger charge is -2.22. The van der Waals surface area contributed by atoms with Gasteiger partial charge in [-0.05, 0) is 31.2 Å². The predicted octanol–water partition coefficient (Wildman–Crippen LogP) is 3.20. The second-order valence-electron chi connectivity index (χ2n) is 4.75. The zero-order chi connectivity index (χ0) is 9.68. The molecule has 0 aromatic carbocycles. The SMILES string of the molecule is CCCCC[C@@H]1NCCC1C(C)C. The van der Waals surface area contributed by atoms with Crippen LogP contribution in [0.15, 0.2) is 0 Å². The van der Waals surface area contributed by atoms with Crippen LogP contribution in [0.2, 0.25) is 0 Å². The molecule has 0 amide bonds. The first-order valence-electron chi connectivity index (χ1n) is 5.99. The van der Waals surface area contributed by atoms with Crippen LogP contribution in [0, 0.1) is 11.8 Å². The van der Waals surface area contributed by atoms with E-state index in [1.807, 2.05) is 0 Å². The summed E-state index contributed by atoms with van der Waals surface area (Å²) in [5, 5.41) is 3.65. The Morgan fingerprint density at radius 1 is 1.31 bits per heavy atom. The fourth-order valence-electron chi connectivity index (χ4n) is 2.52. The van der Waals surface area contributed by atoms with Crippen molar-refractivity contribution in [2.24, 2.45) is 11.8 Å². The molecule has 0 aromatic heterocycles. The standard InChI is InChI=1S/C12H25N/c1-4-5-6-7-12-11(10(2)3)8-9-13-12/h10-13H,4-9H2,1-3H3/t11?,12-/m0/s1. The average molecular weight is 183 g/mol. The third-order valence-electron chi connectivity index (χ3n) is 3.38. The van der Waals surface area contributed by atoms with E-state index in [9.17, 15) is 0 Å². The highest BCUT2D eigenvalue weighted by atomic mass is 14.9. The quantitative estimate of drug-likeness (QED) is 0.645. The van der Waals surface area contributed by atoms with Crippen LogP contribution in [0.4, 0.5) is 0 Å². The molecule has 1 nitrogen and oxygen atoms in total. The zero-order valence-corrected chi connectivity index (χ0v) is 9.47.